The molecule has 1 aliphatic rings. The summed E-state index contributed by atoms with van der Waals surface area (Å²) in [6.07, 6.45) is 1.43. The van der Waals surface area contributed by atoms with Gasteiger partial charge in [-0.15, -0.1) is 0 Å². The summed E-state index contributed by atoms with van der Waals surface area (Å²) in [5, 5.41) is 4.30. The molecule has 2 aromatic carbocycles. The second kappa shape index (κ2) is 9.29. The molecule has 0 unspecified atom stereocenters. The van der Waals surface area contributed by atoms with Crippen molar-refractivity contribution >= 4 is 35.3 Å². The van der Waals surface area contributed by atoms with Gasteiger partial charge >= 0.3 is 0 Å². The minimum atomic E-state index is -0.449. The smallest absolute Gasteiger partial charge is 0.265 e. The average molecular weight is 418 g/mol. The Kier molecular flexibility index (Phi) is 6.56. The summed E-state index contributed by atoms with van der Waals surface area (Å²) >= 11 is 6.22. The van der Waals surface area contributed by atoms with E-state index < -0.39 is 5.91 Å². The predicted octanol–water partition coefficient (Wildman–Crippen LogP) is 2.62. The number of rotatable bonds is 7. The zero-order valence-corrected chi connectivity index (χ0v) is 16.7. The van der Waals surface area contributed by atoms with Crippen LogP contribution in [0.3, 0.4) is 0 Å². The third-order valence-corrected chi connectivity index (χ3v) is 4.33. The number of hydrazone groups is 1. The van der Waals surface area contributed by atoms with Gasteiger partial charge in [-0.05, 0) is 36.8 Å². The number of carbonyl (C=O) groups is 2. The molecule has 2 aromatic rings. The fourth-order valence-corrected chi connectivity index (χ4v) is 3.06. The van der Waals surface area contributed by atoms with Gasteiger partial charge in [0.05, 0.1) is 30.6 Å². The van der Waals surface area contributed by atoms with Crippen LogP contribution in [0.25, 0.3) is 0 Å². The first-order valence-corrected chi connectivity index (χ1v) is 9.25. The van der Waals surface area contributed by atoms with Gasteiger partial charge in [-0.3, -0.25) is 14.5 Å². The van der Waals surface area contributed by atoms with E-state index in [1.54, 1.807) is 36.4 Å². The number of methoxy groups -OCH3 is 1. The number of ether oxygens (including phenoxy) is 3. The van der Waals surface area contributed by atoms with E-state index in [4.69, 9.17) is 25.8 Å². The van der Waals surface area contributed by atoms with Crippen molar-refractivity contribution in [2.45, 2.75) is 6.92 Å². The highest BCUT2D eigenvalue weighted by atomic mass is 35.5. The zero-order chi connectivity index (χ0) is 20.8. The monoisotopic (exact) mass is 417 g/mol. The van der Waals surface area contributed by atoms with Crippen LogP contribution in [0.1, 0.15) is 12.5 Å². The Hall–Kier alpha value is -3.26. The largest absolute Gasteiger partial charge is 0.493 e. The Morgan fingerprint density at radius 2 is 2.17 bits per heavy atom. The fraction of sp³-hybridized carbons (Fsp3) is 0.250. The van der Waals surface area contributed by atoms with Gasteiger partial charge in [0, 0.05) is 0 Å². The maximum absolute atomic E-state index is 12.3. The highest BCUT2D eigenvalue weighted by Crippen LogP contribution is 2.36. The quantitative estimate of drug-likeness (QED) is 0.552. The number of benzene rings is 2. The molecule has 1 aliphatic heterocycles. The van der Waals surface area contributed by atoms with E-state index in [2.05, 4.69) is 10.5 Å². The van der Waals surface area contributed by atoms with E-state index in [1.165, 1.54) is 18.2 Å². The summed E-state index contributed by atoms with van der Waals surface area (Å²) in [4.78, 5) is 25.7. The number of anilines is 1. The van der Waals surface area contributed by atoms with Crippen molar-refractivity contribution < 1.29 is 23.8 Å². The van der Waals surface area contributed by atoms with Crippen LogP contribution in [0.2, 0.25) is 5.02 Å². The second-order valence-corrected chi connectivity index (χ2v) is 6.40. The molecule has 0 bridgehead atoms. The van der Waals surface area contributed by atoms with Crippen molar-refractivity contribution in [3.8, 4) is 17.2 Å². The van der Waals surface area contributed by atoms with Crippen LogP contribution in [-0.4, -0.2) is 44.9 Å². The van der Waals surface area contributed by atoms with Crippen LogP contribution in [0, 0.1) is 0 Å². The first-order valence-electron chi connectivity index (χ1n) is 8.88. The molecule has 0 saturated carbocycles. The number of nitrogens with zero attached hydrogens (tertiary/aromatic N) is 2. The molecule has 2 amide bonds. The average Bonchev–Trinajstić information content (AvgIpc) is 2.72. The van der Waals surface area contributed by atoms with Crippen LogP contribution >= 0.6 is 11.6 Å². The molecule has 0 atom stereocenters. The van der Waals surface area contributed by atoms with Crippen LogP contribution in [-0.2, 0) is 9.59 Å². The number of nitrogens with one attached hydrogen (secondary N) is 1. The SMILES string of the molecule is CCOc1c(Cl)cc(/C=N\NC(=O)CN2C(=O)COc3ccccc32)cc1OC. The van der Waals surface area contributed by atoms with Crippen molar-refractivity contribution in [1.29, 1.82) is 0 Å². The highest BCUT2D eigenvalue weighted by Gasteiger charge is 2.26. The molecule has 0 spiro atoms. The zero-order valence-electron chi connectivity index (χ0n) is 16.0. The highest BCUT2D eigenvalue weighted by molar-refractivity contribution is 6.32. The molecule has 0 aliphatic carbocycles. The second-order valence-electron chi connectivity index (χ2n) is 6.00. The topological polar surface area (TPSA) is 89.5 Å². The van der Waals surface area contributed by atoms with Crippen LogP contribution in [0.4, 0.5) is 5.69 Å². The molecule has 1 heterocycles. The molecule has 0 saturated heterocycles. The lowest BCUT2D eigenvalue weighted by Gasteiger charge is -2.28. The van der Waals surface area contributed by atoms with E-state index in [0.717, 1.165) is 0 Å². The lowest BCUT2D eigenvalue weighted by molar-refractivity contribution is -0.125. The summed E-state index contributed by atoms with van der Waals surface area (Å²) in [5.74, 6) is 0.714. The number of fused-ring (bicyclic) bond motifs is 1. The molecule has 1 N–H and O–H groups in total. The fourth-order valence-electron chi connectivity index (χ4n) is 2.78. The van der Waals surface area contributed by atoms with Crippen molar-refractivity contribution in [1.82, 2.24) is 5.43 Å². The molecule has 8 nitrogen and oxygen atoms in total. The molecule has 3 rings (SSSR count). The van der Waals surface area contributed by atoms with Gasteiger partial charge in [-0.1, -0.05) is 23.7 Å². The lowest BCUT2D eigenvalue weighted by atomic mass is 10.2. The first-order chi connectivity index (χ1) is 14.0. The Morgan fingerprint density at radius 3 is 2.93 bits per heavy atom. The number of hydrogen-bond acceptors (Lipinski definition) is 6. The maximum atomic E-state index is 12.3. The van der Waals surface area contributed by atoms with E-state index in [-0.39, 0.29) is 19.1 Å². The number of hydrogen-bond donors (Lipinski definition) is 1. The predicted molar refractivity (Wildman–Crippen MR) is 109 cm³/mol. The third kappa shape index (κ3) is 4.78. The van der Waals surface area contributed by atoms with Gasteiger partial charge in [-0.25, -0.2) is 5.43 Å². The van der Waals surface area contributed by atoms with Crippen molar-refractivity contribution in [2.75, 3.05) is 31.8 Å². The minimum absolute atomic E-state index is 0.113. The Bertz CT molecular complexity index is 948. The van der Waals surface area contributed by atoms with E-state index in [0.29, 0.717) is 40.1 Å². The first kappa shape index (κ1) is 20.5. The van der Waals surface area contributed by atoms with E-state index in [9.17, 15) is 9.59 Å². The maximum Gasteiger partial charge on any atom is 0.265 e. The van der Waals surface area contributed by atoms with Gasteiger partial charge in [0.25, 0.3) is 11.8 Å². The molecule has 9 heteroatoms. The van der Waals surface area contributed by atoms with Crippen LogP contribution in [0.15, 0.2) is 41.5 Å². The standard InChI is InChI=1S/C20H20ClN3O5/c1-3-28-20-14(21)8-13(9-17(20)27-2)10-22-23-18(25)11-24-15-6-4-5-7-16(15)29-12-19(24)26/h4-10H,3,11-12H2,1-2H3,(H,23,25)/b22-10-. The molecular weight excluding hydrogens is 398 g/mol. The lowest BCUT2D eigenvalue weighted by Crippen LogP contribution is -2.44. The molecule has 152 valence electrons. The molecule has 29 heavy (non-hydrogen) atoms. The van der Waals surface area contributed by atoms with Gasteiger partial charge in [0.15, 0.2) is 18.1 Å². The summed E-state index contributed by atoms with van der Waals surface area (Å²) < 4.78 is 16.1. The number of halogens is 1. The van der Waals surface area contributed by atoms with E-state index >= 15 is 0 Å². The van der Waals surface area contributed by atoms with Crippen molar-refractivity contribution in [3.05, 3.63) is 47.0 Å². The molecule has 0 aromatic heterocycles. The molecule has 0 radical (unpaired) electrons. The van der Waals surface area contributed by atoms with Crippen LogP contribution < -0.4 is 24.5 Å². The summed E-state index contributed by atoms with van der Waals surface area (Å²) in [5.41, 5.74) is 3.57. The molecular formula is C20H20ClN3O5. The van der Waals surface area contributed by atoms with E-state index in [1.807, 2.05) is 6.92 Å². The number of carbonyl (C=O) groups excluding carboxylic acids is 2. The van der Waals surface area contributed by atoms with Crippen molar-refractivity contribution in [2.24, 2.45) is 5.10 Å². The third-order valence-electron chi connectivity index (χ3n) is 4.05. The Labute approximate surface area is 173 Å². The molecule has 0 fully saturated rings. The van der Waals surface area contributed by atoms with Gasteiger partial charge in [0.1, 0.15) is 12.3 Å². The minimum Gasteiger partial charge on any atom is -0.493 e. The summed E-state index contributed by atoms with van der Waals surface area (Å²) in [6, 6.07) is 10.4. The van der Waals surface area contributed by atoms with Gasteiger partial charge < -0.3 is 14.2 Å². The Morgan fingerprint density at radius 1 is 1.38 bits per heavy atom. The van der Waals surface area contributed by atoms with Gasteiger partial charge in [0.2, 0.25) is 0 Å². The van der Waals surface area contributed by atoms with Crippen molar-refractivity contribution in [3.63, 3.8) is 0 Å². The van der Waals surface area contributed by atoms with Gasteiger partial charge in [-0.2, -0.15) is 5.10 Å². The summed E-state index contributed by atoms with van der Waals surface area (Å²) in [7, 11) is 1.51. The normalized spacial score (nSPS) is 13.1. The van der Waals surface area contributed by atoms with Crippen LogP contribution in [0.5, 0.6) is 17.2 Å². The number of para-hydroxylation sites is 2. The Balaban J connectivity index is 1.66. The summed E-state index contributed by atoms with van der Waals surface area (Å²) in [6.45, 7) is 2.00. The number of amides is 2.